The van der Waals surface area contributed by atoms with Crippen molar-refractivity contribution in [1.82, 2.24) is 0 Å². The summed E-state index contributed by atoms with van der Waals surface area (Å²) >= 11 is 0. The summed E-state index contributed by atoms with van der Waals surface area (Å²) in [5, 5.41) is 7.73. The molecule has 0 spiro atoms. The van der Waals surface area contributed by atoms with Crippen molar-refractivity contribution >= 4 is 43.7 Å². The van der Waals surface area contributed by atoms with Crippen molar-refractivity contribution in [2.24, 2.45) is 17.8 Å². The van der Waals surface area contributed by atoms with Gasteiger partial charge in [0.15, 0.2) is 0 Å². The van der Waals surface area contributed by atoms with Crippen LogP contribution < -0.4 is 4.90 Å². The molecule has 4 aliphatic carbocycles. The van der Waals surface area contributed by atoms with Gasteiger partial charge in [-0.25, -0.2) is 0 Å². The van der Waals surface area contributed by atoms with Crippen LogP contribution in [0.2, 0.25) is 0 Å². The normalized spacial score (nSPS) is 23.3. The van der Waals surface area contributed by atoms with Gasteiger partial charge in [-0.3, -0.25) is 0 Å². The number of fused-ring (bicyclic) bond motifs is 12. The molecule has 1 heteroatoms. The Balaban J connectivity index is 1.09. The van der Waals surface area contributed by atoms with E-state index in [0.29, 0.717) is 11.8 Å². The van der Waals surface area contributed by atoms with Crippen LogP contribution in [-0.4, -0.2) is 5.54 Å². The van der Waals surface area contributed by atoms with E-state index in [4.69, 9.17) is 0 Å². The first-order valence-corrected chi connectivity index (χ1v) is 28.2. The molecule has 0 bridgehead atoms. The summed E-state index contributed by atoms with van der Waals surface area (Å²) in [6, 6.07) is 73.1. The molecular formula is C74H69N. The van der Waals surface area contributed by atoms with Gasteiger partial charge in [0.2, 0.25) is 0 Å². The smallest absolute Gasteiger partial charge is 0.0836 e. The van der Waals surface area contributed by atoms with Crippen molar-refractivity contribution in [2.45, 2.75) is 108 Å². The van der Waals surface area contributed by atoms with Crippen LogP contribution >= 0.6 is 0 Å². The van der Waals surface area contributed by atoms with Crippen LogP contribution in [0.25, 0.3) is 43.4 Å². The minimum absolute atomic E-state index is 0.134. The molecule has 0 N–H and O–H groups in total. The van der Waals surface area contributed by atoms with Gasteiger partial charge in [0.1, 0.15) is 0 Å². The number of para-hydroxylation sites is 1. The zero-order valence-corrected chi connectivity index (χ0v) is 45.1. The van der Waals surface area contributed by atoms with Crippen LogP contribution in [0.1, 0.15) is 120 Å². The Hall–Kier alpha value is -7.22. The molecule has 1 nitrogen and oxygen atoms in total. The SMILES string of the molecule is CC(C)CCC1(CCC(C)C)C2=CC3(C)C4=C(C(C)C=CC4(C)c4ccccc4N3c3ccc4c(c3)C(c3ccc5ccccc5c3)(c3ccc5ccccc5c3)c3ccccc3-4)C2(C)c2cc3ccccc3cc21. The quantitative estimate of drug-likeness (QED) is 0.130. The lowest BCUT2D eigenvalue weighted by Gasteiger charge is -2.61. The Morgan fingerprint density at radius 3 is 1.61 bits per heavy atom. The molecule has 75 heavy (non-hydrogen) atoms. The fourth-order valence-corrected chi connectivity index (χ4v) is 16.2. The predicted octanol–water partition coefficient (Wildman–Crippen LogP) is 19.2. The van der Waals surface area contributed by atoms with Gasteiger partial charge in [0, 0.05) is 27.6 Å². The summed E-state index contributed by atoms with van der Waals surface area (Å²) in [4.78, 5) is 2.82. The van der Waals surface area contributed by atoms with E-state index in [1.54, 1.807) is 22.3 Å². The van der Waals surface area contributed by atoms with Crippen molar-refractivity contribution < 1.29 is 0 Å². The van der Waals surface area contributed by atoms with Crippen LogP contribution in [0.5, 0.6) is 0 Å². The van der Waals surface area contributed by atoms with Crippen molar-refractivity contribution in [3.8, 4) is 11.1 Å². The highest BCUT2D eigenvalue weighted by Gasteiger charge is 2.64. The largest absolute Gasteiger partial charge is 0.328 e. The first-order valence-electron chi connectivity index (χ1n) is 28.2. The molecule has 0 aromatic heterocycles. The van der Waals surface area contributed by atoms with Gasteiger partial charge in [-0.05, 0) is 206 Å². The molecule has 1 heterocycles. The Kier molecular flexibility index (Phi) is 10.1. The minimum atomic E-state index is -0.602. The lowest BCUT2D eigenvalue weighted by atomic mass is 9.49. The minimum Gasteiger partial charge on any atom is -0.328 e. The van der Waals surface area contributed by atoms with Gasteiger partial charge in [-0.1, -0.05) is 198 Å². The van der Waals surface area contributed by atoms with Crippen LogP contribution in [-0.2, 0) is 21.7 Å². The maximum Gasteiger partial charge on any atom is 0.0836 e. The first kappa shape index (κ1) is 46.3. The van der Waals surface area contributed by atoms with Gasteiger partial charge in [-0.15, -0.1) is 0 Å². The van der Waals surface area contributed by atoms with E-state index >= 15 is 0 Å². The maximum atomic E-state index is 2.89. The highest BCUT2D eigenvalue weighted by molar-refractivity contribution is 5.95. The molecule has 0 radical (unpaired) electrons. The van der Waals surface area contributed by atoms with E-state index in [1.165, 1.54) is 101 Å². The van der Waals surface area contributed by atoms with Crippen LogP contribution in [0, 0.1) is 17.8 Å². The highest BCUT2D eigenvalue weighted by Crippen LogP contribution is 2.71. The summed E-state index contributed by atoms with van der Waals surface area (Å²) in [5.74, 6) is 1.41. The average Bonchev–Trinajstić information content (AvgIpc) is 4.06. The second-order valence-corrected chi connectivity index (χ2v) is 24.7. The fourth-order valence-electron chi connectivity index (χ4n) is 16.2. The van der Waals surface area contributed by atoms with E-state index in [2.05, 4.69) is 267 Å². The van der Waals surface area contributed by atoms with Crippen LogP contribution in [0.15, 0.2) is 223 Å². The van der Waals surface area contributed by atoms with Crippen molar-refractivity contribution in [2.75, 3.05) is 4.90 Å². The maximum absolute atomic E-state index is 2.89. The molecule has 0 saturated heterocycles. The fraction of sp³-hybridized carbons (Fsp3) is 0.270. The second kappa shape index (κ2) is 16.4. The molecule has 370 valence electrons. The molecule has 0 amide bonds. The predicted molar refractivity (Wildman–Crippen MR) is 318 cm³/mol. The average molecular weight is 972 g/mol. The zero-order chi connectivity index (χ0) is 51.2. The first-order chi connectivity index (χ1) is 36.3. The molecule has 9 aromatic carbocycles. The summed E-state index contributed by atoms with van der Waals surface area (Å²) in [6.07, 6.45) is 12.7. The number of anilines is 2. The van der Waals surface area contributed by atoms with E-state index in [0.717, 1.165) is 12.8 Å². The molecule has 1 aliphatic heterocycles. The summed E-state index contributed by atoms with van der Waals surface area (Å²) in [6.45, 7) is 20.1. The zero-order valence-electron chi connectivity index (χ0n) is 45.1. The van der Waals surface area contributed by atoms with Gasteiger partial charge < -0.3 is 4.90 Å². The van der Waals surface area contributed by atoms with Gasteiger partial charge in [-0.2, -0.15) is 0 Å². The lowest BCUT2D eigenvalue weighted by Crippen LogP contribution is -2.59. The molecule has 5 aliphatic rings. The number of hydrogen-bond acceptors (Lipinski definition) is 1. The van der Waals surface area contributed by atoms with Crippen molar-refractivity contribution in [3.05, 3.63) is 262 Å². The molecule has 14 rings (SSSR count). The molecule has 4 unspecified atom stereocenters. The van der Waals surface area contributed by atoms with Gasteiger partial charge in [0.25, 0.3) is 0 Å². The highest BCUT2D eigenvalue weighted by atomic mass is 15.2. The Bertz CT molecular complexity index is 3860. The Labute approximate surface area is 445 Å². The number of rotatable bonds is 9. The van der Waals surface area contributed by atoms with E-state index in [1.807, 2.05) is 0 Å². The number of hydrogen-bond donors (Lipinski definition) is 0. The third-order valence-corrected chi connectivity index (χ3v) is 19.5. The lowest BCUT2D eigenvalue weighted by molar-refractivity contribution is 0.331. The van der Waals surface area contributed by atoms with Crippen molar-refractivity contribution in [3.63, 3.8) is 0 Å². The van der Waals surface area contributed by atoms with Gasteiger partial charge >= 0.3 is 0 Å². The standard InChI is InChI=1S/C74H69N/c1-47(2)35-39-73(40-36-48(3)4)65-44-55-24-14-13-23-54(55)43-64(65)72(8)67(73)46-71(7)69-68(72)49(5)37-38-70(69,6)62-27-17-18-28-66(62)75(71)58-33-34-60-59-25-15-16-26-61(59)74(63(60)45-58,56-31-29-50-19-9-11-21-52(50)41-56)57-32-30-51-20-10-12-22-53(51)42-57/h9-34,37-38,41-49H,35-36,39-40H2,1-8H3. The van der Waals surface area contributed by atoms with E-state index < -0.39 is 11.0 Å². The van der Waals surface area contributed by atoms with E-state index in [9.17, 15) is 0 Å². The van der Waals surface area contributed by atoms with Gasteiger partial charge in [0.05, 0.1) is 11.0 Å². The Morgan fingerprint density at radius 2 is 1.00 bits per heavy atom. The van der Waals surface area contributed by atoms with Crippen LogP contribution in [0.4, 0.5) is 11.4 Å². The third-order valence-electron chi connectivity index (χ3n) is 19.5. The second-order valence-electron chi connectivity index (χ2n) is 24.7. The summed E-state index contributed by atoms with van der Waals surface area (Å²) in [7, 11) is 0. The Morgan fingerprint density at radius 1 is 0.480 bits per heavy atom. The monoisotopic (exact) mass is 972 g/mol. The summed E-state index contributed by atoms with van der Waals surface area (Å²) in [5.41, 5.74) is 17.8. The number of allylic oxidation sites excluding steroid dienone is 4. The van der Waals surface area contributed by atoms with E-state index in [-0.39, 0.29) is 22.2 Å². The molecule has 0 fully saturated rings. The molecular weight excluding hydrogens is 903 g/mol. The van der Waals surface area contributed by atoms with Crippen molar-refractivity contribution in [1.29, 1.82) is 0 Å². The molecule has 9 aromatic rings. The topological polar surface area (TPSA) is 3.24 Å². The van der Waals surface area contributed by atoms with Crippen LogP contribution in [0.3, 0.4) is 0 Å². The third kappa shape index (κ3) is 6.25. The summed E-state index contributed by atoms with van der Waals surface area (Å²) < 4.78 is 0. The number of benzene rings is 9. The molecule has 0 saturated carbocycles. The molecule has 4 atom stereocenters. The number of nitrogens with zero attached hydrogens (tertiary/aromatic N) is 1.